The zero-order valence-corrected chi connectivity index (χ0v) is 40.0. The van der Waals surface area contributed by atoms with E-state index in [0.717, 1.165) is 26.1 Å². The maximum atomic E-state index is 13.7. The van der Waals surface area contributed by atoms with E-state index in [4.69, 9.17) is 72.8 Å². The van der Waals surface area contributed by atoms with Gasteiger partial charge < -0.3 is 75.7 Å². The largest absolute Gasteiger partial charge is 0.490 e. The molecule has 0 aliphatic carbocycles. The van der Waals surface area contributed by atoms with Crippen LogP contribution in [0.25, 0.3) is 0 Å². The Balaban J connectivity index is 1.69. The van der Waals surface area contributed by atoms with Gasteiger partial charge in [0.1, 0.15) is 36.1 Å². The van der Waals surface area contributed by atoms with E-state index in [-0.39, 0.29) is 5.69 Å². The number of anilines is 2. The Morgan fingerprint density at radius 1 is 0.761 bits per heavy atom. The average Bonchev–Trinajstić information content (AvgIpc) is 3.53. The predicted octanol–water partition coefficient (Wildman–Crippen LogP) is -2.48. The number of phosphoric acid groups is 6. The van der Waals surface area contributed by atoms with Crippen LogP contribution in [0.15, 0.2) is 21.9 Å². The lowest BCUT2D eigenvalue weighted by atomic mass is 9.90. The van der Waals surface area contributed by atoms with Gasteiger partial charge in [-0.3, -0.25) is 13.6 Å². The summed E-state index contributed by atoms with van der Waals surface area (Å²) >= 11 is 11.4. The Hall–Kier alpha value is -2.43. The number of nitrogen functional groups attached to an aromatic ring is 1. The van der Waals surface area contributed by atoms with Gasteiger partial charge in [0, 0.05) is 22.5 Å². The number of nitrogens with zero attached hydrogens (tertiary/aromatic N) is 5. The van der Waals surface area contributed by atoms with Crippen molar-refractivity contribution in [2.24, 2.45) is 5.73 Å². The molecule has 2 fully saturated rings. The molecule has 2 aliphatic heterocycles. The van der Waals surface area contributed by atoms with E-state index in [0.29, 0.717) is 9.25 Å². The van der Waals surface area contributed by atoms with Crippen LogP contribution >= 0.6 is 70.1 Å². The number of hydrogen-bond donors (Lipinski definition) is 14. The number of aryl methyl sites for hydroxylation is 1. The molecule has 35 nitrogen and oxygen atoms in total. The van der Waals surface area contributed by atoms with Crippen LogP contribution in [0.5, 0.6) is 0 Å². The molecule has 4 heterocycles. The molecule has 376 valence electrons. The maximum absolute atomic E-state index is 13.7. The molecule has 0 amide bonds. The van der Waals surface area contributed by atoms with Gasteiger partial charge in [-0.15, -0.1) is 0 Å². The first-order chi connectivity index (χ1) is 30.4. The van der Waals surface area contributed by atoms with Crippen molar-refractivity contribution in [2.75, 3.05) is 11.2 Å². The fourth-order valence-corrected chi connectivity index (χ4v) is 12.9. The SMILES string of the molecule is Cc1cc(NNC2(C#CCl)[C@@H](O)[C@@H]([C@@H](C)OP(=O)(O)OP(=O)(O)OP(=O)(O)O)O[C@H]2n2ncc(N)nc2=O)nc(=O)n1[C@@H]1O[C@H]([C@@H](C)OP(=O)(O)OP(=O)(O)OP(=O)(O)O)[C@H](O)C1(N)C#CCl. The van der Waals surface area contributed by atoms with E-state index in [1.807, 2.05) is 10.8 Å². The third-order valence-electron chi connectivity index (χ3n) is 8.56. The number of nitrogens with two attached hydrogens (primary N) is 2. The molecule has 2 aliphatic rings. The molecule has 2 aromatic heterocycles. The van der Waals surface area contributed by atoms with Gasteiger partial charge in [-0.25, -0.2) is 42.4 Å². The Bertz CT molecular complexity index is 2780. The number of phosphoric ester groups is 2. The molecule has 2 aromatic rings. The van der Waals surface area contributed by atoms with Gasteiger partial charge in [0.15, 0.2) is 23.5 Å². The fraction of sp³-hybridized carbons (Fsp3) is 0.542. The van der Waals surface area contributed by atoms with E-state index < -0.39 is 130 Å². The van der Waals surface area contributed by atoms with Gasteiger partial charge in [0.2, 0.25) is 0 Å². The van der Waals surface area contributed by atoms with E-state index in [1.165, 1.54) is 6.92 Å². The lowest BCUT2D eigenvalue weighted by Gasteiger charge is -2.33. The smallest absolute Gasteiger partial charge is 0.387 e. The monoisotopic (exact) mass is 1120 g/mol. The van der Waals surface area contributed by atoms with E-state index in [1.54, 1.807) is 0 Å². The van der Waals surface area contributed by atoms with Crippen molar-refractivity contribution in [1.29, 1.82) is 0 Å². The van der Waals surface area contributed by atoms with Crippen molar-refractivity contribution in [2.45, 2.75) is 80.9 Å². The van der Waals surface area contributed by atoms with Crippen LogP contribution in [0.4, 0.5) is 11.6 Å². The second-order valence-corrected chi connectivity index (χ2v) is 22.6. The van der Waals surface area contributed by atoms with Crippen LogP contribution in [-0.4, -0.2) is 121 Å². The highest BCUT2D eigenvalue weighted by Gasteiger charge is 2.61. The number of aromatic nitrogens is 5. The molecule has 16 N–H and O–H groups in total. The summed E-state index contributed by atoms with van der Waals surface area (Å²) in [5, 5.41) is 30.6. The molecule has 2 saturated heterocycles. The number of nitrogens with one attached hydrogen (secondary N) is 2. The number of hydrogen-bond acceptors (Lipinski definition) is 25. The number of halogens is 2. The van der Waals surface area contributed by atoms with Crippen LogP contribution in [0.1, 0.15) is 32.0 Å². The van der Waals surface area contributed by atoms with Gasteiger partial charge in [0.25, 0.3) is 0 Å². The van der Waals surface area contributed by atoms with Gasteiger partial charge in [-0.2, -0.15) is 37.0 Å². The minimum atomic E-state index is -6.04. The van der Waals surface area contributed by atoms with Crippen molar-refractivity contribution in [3.8, 4) is 22.6 Å². The van der Waals surface area contributed by atoms with Crippen LogP contribution < -0.4 is 33.7 Å². The minimum Gasteiger partial charge on any atom is -0.387 e. The fourth-order valence-electron chi connectivity index (χ4n) is 6.13. The average molecular weight is 1120 g/mol. The van der Waals surface area contributed by atoms with E-state index in [9.17, 15) is 66.8 Å². The van der Waals surface area contributed by atoms with Crippen molar-refractivity contribution >= 4 is 81.8 Å². The second kappa shape index (κ2) is 20.7. The summed E-state index contributed by atoms with van der Waals surface area (Å²) in [6.07, 6.45) is -15.4. The van der Waals surface area contributed by atoms with Crippen LogP contribution in [0, 0.1) is 29.5 Å². The summed E-state index contributed by atoms with van der Waals surface area (Å²) in [6.45, 7) is 3.03. The molecular formula is C24H35Cl2N9O26P6. The van der Waals surface area contributed by atoms with Crippen LogP contribution in [0.2, 0.25) is 0 Å². The molecule has 4 rings (SSSR count). The highest BCUT2D eigenvalue weighted by Crippen LogP contribution is 2.68. The summed E-state index contributed by atoms with van der Waals surface area (Å²) in [7, 11) is -35.3. The van der Waals surface area contributed by atoms with Gasteiger partial charge >= 0.3 is 58.3 Å². The molecule has 67 heavy (non-hydrogen) atoms. The first kappa shape index (κ1) is 57.2. The molecule has 14 atom stereocenters. The number of aliphatic hydroxyl groups excluding tert-OH is 2. The number of aliphatic hydroxyl groups is 2. The van der Waals surface area contributed by atoms with Gasteiger partial charge in [-0.1, -0.05) is 11.8 Å². The van der Waals surface area contributed by atoms with E-state index in [2.05, 4.69) is 55.0 Å². The zero-order valence-electron chi connectivity index (χ0n) is 33.1. The highest BCUT2D eigenvalue weighted by atomic mass is 35.5. The second-order valence-electron chi connectivity index (χ2n) is 13.4. The topological polar surface area (TPSA) is 537 Å². The Morgan fingerprint density at radius 3 is 1.69 bits per heavy atom. The lowest BCUT2D eigenvalue weighted by molar-refractivity contribution is -0.0797. The molecule has 0 spiro atoms. The van der Waals surface area contributed by atoms with Crippen molar-refractivity contribution < 1.29 is 113 Å². The number of rotatable bonds is 19. The predicted molar refractivity (Wildman–Crippen MR) is 216 cm³/mol. The first-order valence-electron chi connectivity index (χ1n) is 17.1. The number of ether oxygens (including phenoxy) is 2. The van der Waals surface area contributed by atoms with Crippen molar-refractivity contribution in [3.05, 3.63) is 38.9 Å². The third-order valence-corrected chi connectivity index (χ3v) is 16.6. The summed E-state index contributed by atoms with van der Waals surface area (Å²) in [5.41, 5.74) is 9.04. The highest BCUT2D eigenvalue weighted by molar-refractivity contribution is 7.67. The summed E-state index contributed by atoms with van der Waals surface area (Å²) in [4.78, 5) is 109. The summed E-state index contributed by atoms with van der Waals surface area (Å²) in [5.74, 6) is 3.62. The standard InChI is InChI=1S/C24H35Cl2N9O26P6/c1-10-8-14(31-21(38)34(10)19-23(28,4-6-25)17(36)15(54-19)11(2)56-64(46,47)60-66(50,51)58-62(40,41)42)32-33-24(5-7-26)18(37)16(55-20(24)35-22(39)30-13(27)9-29-35)12(3)57-65(48,49)61-67(52,53)59-63(43,44)45/h8-9,11-12,15-20,33,36-37H,28H2,1-3H3,(H,46,47)(H,48,49)(H,50,51)(H,52,53)(H2,27,30,39)(H,31,32,38)(H2,40,41,42)(H2,43,44,45)/t11-,12-,15-,16-,17+,18+,19-,20-,23?,24?/m1/s1. The van der Waals surface area contributed by atoms with Crippen molar-refractivity contribution in [1.82, 2.24) is 29.7 Å². The molecule has 43 heteroatoms. The van der Waals surface area contributed by atoms with Gasteiger partial charge in [0.05, 0.1) is 18.4 Å². The molecule has 0 bridgehead atoms. The van der Waals surface area contributed by atoms with Crippen LogP contribution in [0.3, 0.4) is 0 Å². The molecular weight excluding hydrogens is 1090 g/mol. The molecule has 0 aromatic carbocycles. The Kier molecular flexibility index (Phi) is 17.7. The minimum absolute atomic E-state index is 0.186. The molecule has 0 radical (unpaired) electrons. The molecule has 0 saturated carbocycles. The van der Waals surface area contributed by atoms with Crippen LogP contribution in [-0.2, 0) is 63.2 Å². The molecule has 6 unspecified atom stereocenters. The summed E-state index contributed by atoms with van der Waals surface area (Å²) in [6, 6.07) is 1.05. The van der Waals surface area contributed by atoms with E-state index >= 15 is 0 Å². The first-order valence-corrected chi connectivity index (χ1v) is 26.9. The normalized spacial score (nSPS) is 30.0. The summed E-state index contributed by atoms with van der Waals surface area (Å²) < 4.78 is 108. The third kappa shape index (κ3) is 14.1. The maximum Gasteiger partial charge on any atom is 0.490 e. The lowest BCUT2D eigenvalue weighted by Crippen LogP contribution is -2.60. The Morgan fingerprint density at radius 2 is 1.24 bits per heavy atom. The zero-order chi connectivity index (χ0) is 51.1. The van der Waals surface area contributed by atoms with Crippen molar-refractivity contribution in [3.63, 3.8) is 0 Å². The Labute approximate surface area is 382 Å². The number of hydrazine groups is 1. The van der Waals surface area contributed by atoms with Gasteiger partial charge in [-0.05, 0) is 44.0 Å². The quantitative estimate of drug-likeness (QED) is 0.0393.